The third-order valence-electron chi connectivity index (χ3n) is 3.47. The van der Waals surface area contributed by atoms with Crippen LogP contribution in [0.15, 0.2) is 18.7 Å². The summed E-state index contributed by atoms with van der Waals surface area (Å²) in [4.78, 5) is 28.8. The van der Waals surface area contributed by atoms with Crippen LogP contribution in [0.1, 0.15) is 20.3 Å². The lowest BCUT2D eigenvalue weighted by Gasteiger charge is -2.22. The van der Waals surface area contributed by atoms with Gasteiger partial charge in [-0.25, -0.2) is 4.98 Å². The molecule has 0 aromatic carbocycles. The summed E-state index contributed by atoms with van der Waals surface area (Å²) in [6, 6.07) is 0.0257. The number of aromatic nitrogens is 2. The Hall–Kier alpha value is -1.65. The molecule has 0 saturated carbocycles. The number of imidazole rings is 1. The van der Waals surface area contributed by atoms with Gasteiger partial charge in [-0.3, -0.25) is 9.59 Å². The van der Waals surface area contributed by atoms with E-state index in [1.807, 2.05) is 24.6 Å². The molecule has 0 bridgehead atoms. The lowest BCUT2D eigenvalue weighted by atomic mass is 10.0. The van der Waals surface area contributed by atoms with Gasteiger partial charge in [-0.05, 0) is 13.3 Å². The number of Topliss-reactive ketones (excluding diaryl/α,β-unsaturated/α-hetero) is 1. The van der Waals surface area contributed by atoms with Crippen LogP contribution in [-0.2, 0) is 16.1 Å². The summed E-state index contributed by atoms with van der Waals surface area (Å²) in [5.74, 6) is -0.744. The molecule has 5 heteroatoms. The molecule has 1 amide bonds. The van der Waals surface area contributed by atoms with Crippen molar-refractivity contribution in [2.24, 2.45) is 5.92 Å². The SMILES string of the molecule is CC1C(=O)C(=O)N(CCCn2ccnc2)C1C. The molecule has 2 atom stereocenters. The molecule has 2 unspecified atom stereocenters. The highest BCUT2D eigenvalue weighted by Crippen LogP contribution is 2.21. The Morgan fingerprint density at radius 2 is 2.06 bits per heavy atom. The van der Waals surface area contributed by atoms with Crippen molar-refractivity contribution in [3.8, 4) is 0 Å². The van der Waals surface area contributed by atoms with E-state index in [-0.39, 0.29) is 23.7 Å². The van der Waals surface area contributed by atoms with E-state index in [4.69, 9.17) is 0 Å². The number of carbonyl (C=O) groups is 2. The summed E-state index contributed by atoms with van der Waals surface area (Å²) in [6.45, 7) is 5.21. The smallest absolute Gasteiger partial charge is 0.290 e. The Kier molecular flexibility index (Phi) is 3.26. The van der Waals surface area contributed by atoms with Crippen LogP contribution in [0.2, 0.25) is 0 Å². The fourth-order valence-electron chi connectivity index (χ4n) is 2.16. The first kappa shape index (κ1) is 11.8. The maximum atomic E-state index is 11.7. The van der Waals surface area contributed by atoms with E-state index in [1.54, 1.807) is 17.4 Å². The van der Waals surface area contributed by atoms with E-state index in [0.717, 1.165) is 13.0 Å². The fourth-order valence-corrected chi connectivity index (χ4v) is 2.16. The number of hydrogen-bond donors (Lipinski definition) is 0. The molecule has 2 heterocycles. The van der Waals surface area contributed by atoms with Crippen molar-refractivity contribution in [2.45, 2.75) is 32.9 Å². The summed E-state index contributed by atoms with van der Waals surface area (Å²) >= 11 is 0. The molecule has 1 aromatic heterocycles. The topological polar surface area (TPSA) is 55.2 Å². The van der Waals surface area contributed by atoms with E-state index in [0.29, 0.717) is 6.54 Å². The first-order chi connectivity index (χ1) is 8.11. The summed E-state index contributed by atoms with van der Waals surface area (Å²) in [6.07, 6.45) is 6.22. The summed E-state index contributed by atoms with van der Waals surface area (Å²) in [5.41, 5.74) is 0. The average molecular weight is 235 g/mol. The van der Waals surface area contributed by atoms with Crippen molar-refractivity contribution in [3.05, 3.63) is 18.7 Å². The molecule has 1 aliphatic rings. The second kappa shape index (κ2) is 4.69. The molecular weight excluding hydrogens is 218 g/mol. The van der Waals surface area contributed by atoms with Crippen molar-refractivity contribution in [3.63, 3.8) is 0 Å². The number of aryl methyl sites for hydroxylation is 1. The standard InChI is InChI=1S/C12H17N3O2/c1-9-10(2)15(12(17)11(9)16)6-3-5-14-7-4-13-8-14/h4,7-10H,3,5-6H2,1-2H3. The van der Waals surface area contributed by atoms with Crippen LogP contribution in [0.5, 0.6) is 0 Å². The Morgan fingerprint density at radius 1 is 1.29 bits per heavy atom. The van der Waals surface area contributed by atoms with Crippen molar-refractivity contribution >= 4 is 11.7 Å². The van der Waals surface area contributed by atoms with Gasteiger partial charge in [-0.1, -0.05) is 6.92 Å². The molecule has 1 saturated heterocycles. The van der Waals surface area contributed by atoms with Crippen LogP contribution < -0.4 is 0 Å². The van der Waals surface area contributed by atoms with Gasteiger partial charge in [-0.15, -0.1) is 0 Å². The van der Waals surface area contributed by atoms with Gasteiger partial charge in [0.05, 0.1) is 6.33 Å². The van der Waals surface area contributed by atoms with Gasteiger partial charge in [0.15, 0.2) is 0 Å². The largest absolute Gasteiger partial charge is 0.337 e. The zero-order valence-corrected chi connectivity index (χ0v) is 10.2. The maximum Gasteiger partial charge on any atom is 0.290 e. The van der Waals surface area contributed by atoms with Crippen molar-refractivity contribution in [2.75, 3.05) is 6.54 Å². The second-order valence-electron chi connectivity index (χ2n) is 4.55. The van der Waals surface area contributed by atoms with Crippen molar-refractivity contribution < 1.29 is 9.59 Å². The molecule has 92 valence electrons. The second-order valence-corrected chi connectivity index (χ2v) is 4.55. The predicted molar refractivity (Wildman–Crippen MR) is 62.2 cm³/mol. The van der Waals surface area contributed by atoms with Crippen LogP contribution in [0.3, 0.4) is 0 Å². The highest BCUT2D eigenvalue weighted by atomic mass is 16.2. The number of carbonyl (C=O) groups excluding carboxylic acids is 2. The minimum absolute atomic E-state index is 0.0257. The minimum Gasteiger partial charge on any atom is -0.337 e. The monoisotopic (exact) mass is 235 g/mol. The van der Waals surface area contributed by atoms with Crippen LogP contribution in [0.4, 0.5) is 0 Å². The number of rotatable bonds is 4. The molecule has 0 aliphatic carbocycles. The molecule has 0 radical (unpaired) electrons. The number of amides is 1. The highest BCUT2D eigenvalue weighted by molar-refractivity contribution is 6.39. The van der Waals surface area contributed by atoms with E-state index < -0.39 is 0 Å². The summed E-state index contributed by atoms with van der Waals surface area (Å²) in [5, 5.41) is 0. The number of nitrogens with zero attached hydrogens (tertiary/aromatic N) is 3. The molecule has 0 spiro atoms. The van der Waals surface area contributed by atoms with Crippen LogP contribution in [-0.4, -0.2) is 38.7 Å². The van der Waals surface area contributed by atoms with Crippen molar-refractivity contribution in [1.29, 1.82) is 0 Å². The normalized spacial score (nSPS) is 24.7. The van der Waals surface area contributed by atoms with E-state index in [2.05, 4.69) is 4.98 Å². The summed E-state index contributed by atoms with van der Waals surface area (Å²) in [7, 11) is 0. The lowest BCUT2D eigenvalue weighted by Crippen LogP contribution is -2.34. The first-order valence-corrected chi connectivity index (χ1v) is 5.92. The Morgan fingerprint density at radius 3 is 2.59 bits per heavy atom. The predicted octanol–water partition coefficient (Wildman–Crippen LogP) is 0.709. The van der Waals surface area contributed by atoms with E-state index in [9.17, 15) is 9.59 Å². The number of likely N-dealkylation sites (tertiary alicyclic amines) is 1. The molecular formula is C12H17N3O2. The quantitative estimate of drug-likeness (QED) is 0.722. The van der Waals surface area contributed by atoms with Crippen LogP contribution >= 0.6 is 0 Å². The maximum absolute atomic E-state index is 11.7. The fraction of sp³-hybridized carbons (Fsp3) is 0.583. The molecule has 0 N–H and O–H groups in total. The van der Waals surface area contributed by atoms with Gasteiger partial charge in [0.2, 0.25) is 5.78 Å². The van der Waals surface area contributed by atoms with Gasteiger partial charge in [0, 0.05) is 37.4 Å². The average Bonchev–Trinajstić information content (AvgIpc) is 2.89. The van der Waals surface area contributed by atoms with E-state index in [1.165, 1.54) is 0 Å². The van der Waals surface area contributed by atoms with Gasteiger partial charge >= 0.3 is 0 Å². The van der Waals surface area contributed by atoms with Crippen LogP contribution in [0.25, 0.3) is 0 Å². The third-order valence-corrected chi connectivity index (χ3v) is 3.47. The zero-order chi connectivity index (χ0) is 12.4. The molecule has 1 fully saturated rings. The number of ketones is 1. The van der Waals surface area contributed by atoms with Gasteiger partial charge in [0.1, 0.15) is 0 Å². The summed E-state index contributed by atoms with van der Waals surface area (Å²) < 4.78 is 1.97. The molecule has 1 aromatic rings. The molecule has 5 nitrogen and oxygen atoms in total. The van der Waals surface area contributed by atoms with Gasteiger partial charge in [-0.2, -0.15) is 0 Å². The van der Waals surface area contributed by atoms with Gasteiger partial charge in [0.25, 0.3) is 5.91 Å². The number of hydrogen-bond acceptors (Lipinski definition) is 3. The molecule has 1 aliphatic heterocycles. The zero-order valence-electron chi connectivity index (χ0n) is 10.2. The van der Waals surface area contributed by atoms with E-state index >= 15 is 0 Å². The lowest BCUT2D eigenvalue weighted by molar-refractivity contribution is -0.140. The van der Waals surface area contributed by atoms with Gasteiger partial charge < -0.3 is 9.47 Å². The first-order valence-electron chi connectivity index (χ1n) is 5.92. The molecule has 17 heavy (non-hydrogen) atoms. The Bertz CT molecular complexity index is 413. The molecule has 2 rings (SSSR count). The third kappa shape index (κ3) is 2.23. The Balaban J connectivity index is 1.87. The minimum atomic E-state index is -0.323. The van der Waals surface area contributed by atoms with Crippen LogP contribution in [0, 0.1) is 5.92 Å². The van der Waals surface area contributed by atoms with Crippen molar-refractivity contribution in [1.82, 2.24) is 14.5 Å². The Labute approximate surface area is 100 Å². The highest BCUT2D eigenvalue weighted by Gasteiger charge is 2.41.